The first kappa shape index (κ1) is 15.9. The Hall–Kier alpha value is -0.0800. The van der Waals surface area contributed by atoms with E-state index in [0.717, 1.165) is 13.1 Å². The van der Waals surface area contributed by atoms with Crippen molar-refractivity contribution in [1.82, 2.24) is 10.2 Å². The summed E-state index contributed by atoms with van der Waals surface area (Å²) >= 11 is 0. The smallest absolute Gasteiger partial charge is 0.0189 e. The summed E-state index contributed by atoms with van der Waals surface area (Å²) in [7, 11) is 2.22. The molecule has 0 aliphatic carbocycles. The van der Waals surface area contributed by atoms with Crippen LogP contribution >= 0.6 is 0 Å². The molecule has 1 unspecified atom stereocenters. The van der Waals surface area contributed by atoms with Gasteiger partial charge in [-0.15, -0.1) is 0 Å². The first-order valence-electron chi connectivity index (χ1n) is 6.53. The quantitative estimate of drug-likeness (QED) is 0.751. The van der Waals surface area contributed by atoms with Crippen molar-refractivity contribution in [3.63, 3.8) is 0 Å². The van der Waals surface area contributed by atoms with Gasteiger partial charge in [-0.25, -0.2) is 0 Å². The Morgan fingerprint density at radius 3 is 2.00 bits per heavy atom. The number of likely N-dealkylation sites (N-methyl/N-ethyl adjacent to an activating group) is 1. The summed E-state index contributed by atoms with van der Waals surface area (Å²) in [6.45, 7) is 18.1. The molecule has 0 saturated heterocycles. The van der Waals surface area contributed by atoms with Crippen LogP contribution in [0.5, 0.6) is 0 Å². The number of hydrogen-bond donors (Lipinski definition) is 1. The molecule has 0 fully saturated rings. The second-order valence-electron chi connectivity index (χ2n) is 6.94. The van der Waals surface area contributed by atoms with Gasteiger partial charge in [-0.1, -0.05) is 27.7 Å². The van der Waals surface area contributed by atoms with Crippen molar-refractivity contribution >= 4 is 0 Å². The van der Waals surface area contributed by atoms with Gasteiger partial charge in [0.15, 0.2) is 0 Å². The Morgan fingerprint density at radius 1 is 1.12 bits per heavy atom. The van der Waals surface area contributed by atoms with Crippen LogP contribution in [-0.4, -0.2) is 36.6 Å². The van der Waals surface area contributed by atoms with E-state index >= 15 is 0 Å². The van der Waals surface area contributed by atoms with E-state index in [-0.39, 0.29) is 5.54 Å². The fourth-order valence-corrected chi connectivity index (χ4v) is 1.61. The molecule has 0 saturated carbocycles. The average molecular weight is 228 g/mol. The molecule has 16 heavy (non-hydrogen) atoms. The molecule has 0 amide bonds. The Kier molecular flexibility index (Phi) is 5.99. The van der Waals surface area contributed by atoms with Gasteiger partial charge < -0.3 is 10.2 Å². The van der Waals surface area contributed by atoms with Crippen molar-refractivity contribution < 1.29 is 0 Å². The Balaban J connectivity index is 4.02. The molecule has 0 aliphatic heterocycles. The lowest BCUT2D eigenvalue weighted by Crippen LogP contribution is -2.47. The summed E-state index contributed by atoms with van der Waals surface area (Å²) in [6.07, 6.45) is 1.17. The third-order valence-electron chi connectivity index (χ3n) is 3.24. The maximum absolute atomic E-state index is 3.63. The second-order valence-corrected chi connectivity index (χ2v) is 6.94. The molecule has 0 heterocycles. The van der Waals surface area contributed by atoms with E-state index in [1.54, 1.807) is 0 Å². The van der Waals surface area contributed by atoms with Gasteiger partial charge in [-0.05, 0) is 39.7 Å². The molecule has 98 valence electrons. The summed E-state index contributed by atoms with van der Waals surface area (Å²) in [5.74, 6) is 0. The lowest BCUT2D eigenvalue weighted by Gasteiger charge is -2.34. The van der Waals surface area contributed by atoms with Crippen molar-refractivity contribution in [2.75, 3.05) is 20.1 Å². The Morgan fingerprint density at radius 2 is 1.62 bits per heavy atom. The molecule has 0 bridgehead atoms. The molecule has 2 nitrogen and oxygen atoms in total. The van der Waals surface area contributed by atoms with Crippen LogP contribution in [0.4, 0.5) is 0 Å². The highest BCUT2D eigenvalue weighted by Gasteiger charge is 2.20. The average Bonchev–Trinajstić information content (AvgIpc) is 2.11. The largest absolute Gasteiger partial charge is 0.310 e. The Labute approximate surface area is 103 Å². The first-order valence-corrected chi connectivity index (χ1v) is 6.53. The normalized spacial score (nSPS) is 15.6. The van der Waals surface area contributed by atoms with Crippen LogP contribution < -0.4 is 5.32 Å². The molecular weight excluding hydrogens is 196 g/mol. The zero-order valence-electron chi connectivity index (χ0n) is 12.6. The summed E-state index contributed by atoms with van der Waals surface area (Å²) in [5.41, 5.74) is 0.639. The van der Waals surface area contributed by atoms with E-state index in [4.69, 9.17) is 0 Å². The van der Waals surface area contributed by atoms with Gasteiger partial charge >= 0.3 is 0 Å². The third kappa shape index (κ3) is 7.24. The zero-order valence-corrected chi connectivity index (χ0v) is 12.6. The van der Waals surface area contributed by atoms with Gasteiger partial charge in [0.1, 0.15) is 0 Å². The van der Waals surface area contributed by atoms with Crippen molar-refractivity contribution in [2.45, 2.75) is 66.5 Å². The van der Waals surface area contributed by atoms with Crippen LogP contribution in [0.25, 0.3) is 0 Å². The lowest BCUT2D eigenvalue weighted by atomic mass is 9.95. The molecule has 0 aromatic heterocycles. The van der Waals surface area contributed by atoms with Gasteiger partial charge in [0.05, 0.1) is 0 Å². The first-order chi connectivity index (χ1) is 7.07. The number of hydrogen-bond acceptors (Lipinski definition) is 2. The summed E-state index contributed by atoms with van der Waals surface area (Å²) in [6, 6.07) is 0.588. The highest BCUT2D eigenvalue weighted by atomic mass is 15.2. The molecule has 1 N–H and O–H groups in total. The minimum atomic E-state index is 0.261. The fourth-order valence-electron chi connectivity index (χ4n) is 1.61. The van der Waals surface area contributed by atoms with Crippen LogP contribution in [0.3, 0.4) is 0 Å². The molecule has 0 aromatic carbocycles. The third-order valence-corrected chi connectivity index (χ3v) is 3.24. The van der Waals surface area contributed by atoms with E-state index in [1.807, 2.05) is 0 Å². The lowest BCUT2D eigenvalue weighted by molar-refractivity contribution is 0.170. The highest BCUT2D eigenvalue weighted by Crippen LogP contribution is 2.16. The number of nitrogens with zero attached hydrogens (tertiary/aromatic N) is 1. The van der Waals surface area contributed by atoms with Crippen LogP contribution in [0.2, 0.25) is 0 Å². The molecule has 0 rings (SSSR count). The van der Waals surface area contributed by atoms with Gasteiger partial charge in [0.2, 0.25) is 0 Å². The number of nitrogens with one attached hydrogen (secondary N) is 1. The molecule has 0 spiro atoms. The monoisotopic (exact) mass is 228 g/mol. The van der Waals surface area contributed by atoms with E-state index < -0.39 is 0 Å². The van der Waals surface area contributed by atoms with Gasteiger partial charge in [0.25, 0.3) is 0 Å². The van der Waals surface area contributed by atoms with E-state index in [2.05, 4.69) is 65.7 Å². The maximum atomic E-state index is 3.63. The van der Waals surface area contributed by atoms with Crippen molar-refractivity contribution in [2.24, 2.45) is 5.41 Å². The van der Waals surface area contributed by atoms with Crippen LogP contribution in [0.1, 0.15) is 54.9 Å². The van der Waals surface area contributed by atoms with Gasteiger partial charge in [-0.2, -0.15) is 0 Å². The van der Waals surface area contributed by atoms with E-state index in [9.17, 15) is 0 Å². The fraction of sp³-hybridized carbons (Fsp3) is 1.00. The zero-order chi connectivity index (χ0) is 13.0. The van der Waals surface area contributed by atoms with Crippen molar-refractivity contribution in [3.8, 4) is 0 Å². The second kappa shape index (κ2) is 6.02. The maximum Gasteiger partial charge on any atom is 0.0189 e. The van der Waals surface area contributed by atoms with E-state index in [0.29, 0.717) is 11.5 Å². The Bertz CT molecular complexity index is 191. The number of rotatable bonds is 6. The standard InChI is InChI=1S/C14H32N2/c1-9-14(6,7)15-10-12(2)16(8)11-13(3,4)5/h12,15H,9-11H2,1-8H3. The summed E-state index contributed by atoms with van der Waals surface area (Å²) in [4.78, 5) is 2.44. The van der Waals surface area contributed by atoms with Crippen LogP contribution in [-0.2, 0) is 0 Å². The minimum Gasteiger partial charge on any atom is -0.310 e. The van der Waals surface area contributed by atoms with Gasteiger partial charge in [0, 0.05) is 24.7 Å². The minimum absolute atomic E-state index is 0.261. The predicted octanol–water partition coefficient (Wildman–Crippen LogP) is 3.13. The molecule has 0 aromatic rings. The van der Waals surface area contributed by atoms with Crippen molar-refractivity contribution in [1.29, 1.82) is 0 Å². The highest BCUT2D eigenvalue weighted by molar-refractivity contribution is 4.79. The molecule has 0 radical (unpaired) electrons. The molecular formula is C14H32N2. The SMILES string of the molecule is CCC(C)(C)NCC(C)N(C)CC(C)(C)C. The molecule has 1 atom stereocenters. The summed E-state index contributed by atoms with van der Waals surface area (Å²) < 4.78 is 0. The van der Waals surface area contributed by atoms with Gasteiger partial charge in [-0.3, -0.25) is 0 Å². The molecule has 2 heteroatoms. The van der Waals surface area contributed by atoms with Crippen molar-refractivity contribution in [3.05, 3.63) is 0 Å². The van der Waals surface area contributed by atoms with E-state index in [1.165, 1.54) is 6.42 Å². The predicted molar refractivity (Wildman–Crippen MR) is 73.9 cm³/mol. The molecule has 0 aliphatic rings. The van der Waals surface area contributed by atoms with Crippen LogP contribution in [0.15, 0.2) is 0 Å². The van der Waals surface area contributed by atoms with Crippen LogP contribution in [0, 0.1) is 5.41 Å². The topological polar surface area (TPSA) is 15.3 Å². The summed E-state index contributed by atoms with van der Waals surface area (Å²) in [5, 5.41) is 3.63.